The number of nitrogens with two attached hydrogens (primary N) is 1. The van der Waals surface area contributed by atoms with Gasteiger partial charge in [0.05, 0.1) is 18.4 Å². The maximum absolute atomic E-state index is 12.9. The minimum atomic E-state index is -1.39. The first kappa shape index (κ1) is 35.9. The number of carboxylic acids is 1. The maximum atomic E-state index is 12.9. The summed E-state index contributed by atoms with van der Waals surface area (Å²) < 4.78 is 22.0. The van der Waals surface area contributed by atoms with E-state index >= 15 is 0 Å². The Labute approximate surface area is 244 Å². The summed E-state index contributed by atoms with van der Waals surface area (Å²) in [6, 6.07) is 3.11. The monoisotopic (exact) mass is 579 g/mol. The van der Waals surface area contributed by atoms with Gasteiger partial charge in [-0.05, 0) is 42.4 Å². The molecule has 0 spiro atoms. The third-order valence-electron chi connectivity index (χ3n) is 7.96. The summed E-state index contributed by atoms with van der Waals surface area (Å²) in [4.78, 5) is 50.0. The molecule has 10 heteroatoms. The molecule has 1 aromatic rings. The summed E-state index contributed by atoms with van der Waals surface area (Å²) in [5.41, 5.74) is 6.56. The predicted molar refractivity (Wildman–Crippen MR) is 155 cm³/mol. The van der Waals surface area contributed by atoms with E-state index in [-0.39, 0.29) is 35.9 Å². The third-order valence-corrected chi connectivity index (χ3v) is 7.96. The van der Waals surface area contributed by atoms with Crippen molar-refractivity contribution in [2.45, 2.75) is 93.7 Å². The minimum Gasteiger partial charge on any atom is -0.480 e. The van der Waals surface area contributed by atoms with Gasteiger partial charge in [0.15, 0.2) is 11.5 Å². The minimum absolute atomic E-state index is 0.0103. The van der Waals surface area contributed by atoms with Crippen molar-refractivity contribution in [1.29, 1.82) is 0 Å². The van der Waals surface area contributed by atoms with Crippen molar-refractivity contribution < 1.29 is 43.2 Å². The Kier molecular flexibility index (Phi) is 14.3. The van der Waals surface area contributed by atoms with Crippen molar-refractivity contribution in [3.8, 4) is 11.5 Å². The molecule has 3 N–H and O–H groups in total. The Morgan fingerprint density at radius 3 is 1.80 bits per heavy atom. The van der Waals surface area contributed by atoms with E-state index in [1.165, 1.54) is 12.1 Å². The Hall–Kier alpha value is -3.14. The molecular formula is C31H49NO9. The first-order valence-corrected chi connectivity index (χ1v) is 14.4. The lowest BCUT2D eigenvalue weighted by Crippen LogP contribution is -2.42. The van der Waals surface area contributed by atoms with E-state index in [4.69, 9.17) is 24.7 Å². The molecule has 0 saturated carbocycles. The number of carbonyl (C=O) groups is 4. The summed E-state index contributed by atoms with van der Waals surface area (Å²) >= 11 is 0. The van der Waals surface area contributed by atoms with Gasteiger partial charge in [0, 0.05) is 11.8 Å². The van der Waals surface area contributed by atoms with Gasteiger partial charge in [-0.1, -0.05) is 74.8 Å². The largest absolute Gasteiger partial charge is 0.508 e. The standard InChI is InChI=1S/C31H49NO9/c1-11-18(6)15-38-31(37)39-22(10)21(9)26(27(32)28(33)34)23-12-13-24(40-29(35)19(7)16(2)3)25(14-23)41-30(36)20(8)17(4)5/h12-14,16-22,26-27H,11,15,32H2,1-10H3,(H,33,34)/t18?,19?,20?,21?,22?,26?,27-/m0/s1. The van der Waals surface area contributed by atoms with Gasteiger partial charge in [-0.15, -0.1) is 0 Å². The van der Waals surface area contributed by atoms with Crippen LogP contribution in [0, 0.1) is 35.5 Å². The number of aliphatic carboxylic acids is 1. The van der Waals surface area contributed by atoms with Crippen LogP contribution in [0.15, 0.2) is 18.2 Å². The van der Waals surface area contributed by atoms with Gasteiger partial charge in [0.1, 0.15) is 12.1 Å². The molecule has 0 fully saturated rings. The predicted octanol–water partition coefficient (Wildman–Crippen LogP) is 5.80. The van der Waals surface area contributed by atoms with Crippen molar-refractivity contribution >= 4 is 24.1 Å². The van der Waals surface area contributed by atoms with Gasteiger partial charge in [-0.3, -0.25) is 14.4 Å². The molecule has 0 radical (unpaired) electrons. The Bertz CT molecular complexity index is 1040. The van der Waals surface area contributed by atoms with E-state index in [1.807, 2.05) is 41.5 Å². The highest BCUT2D eigenvalue weighted by Crippen LogP contribution is 2.38. The second kappa shape index (κ2) is 16.3. The fourth-order valence-corrected chi connectivity index (χ4v) is 3.75. The van der Waals surface area contributed by atoms with Crippen LogP contribution in [0.25, 0.3) is 0 Å². The van der Waals surface area contributed by atoms with Crippen LogP contribution >= 0.6 is 0 Å². The maximum Gasteiger partial charge on any atom is 0.508 e. The number of ether oxygens (including phenoxy) is 4. The van der Waals surface area contributed by atoms with Crippen LogP contribution in [-0.2, 0) is 23.9 Å². The van der Waals surface area contributed by atoms with E-state index in [0.29, 0.717) is 5.56 Å². The molecule has 41 heavy (non-hydrogen) atoms. The van der Waals surface area contributed by atoms with Gasteiger partial charge < -0.3 is 29.8 Å². The topological polar surface area (TPSA) is 151 Å². The van der Waals surface area contributed by atoms with Gasteiger partial charge in [-0.2, -0.15) is 0 Å². The van der Waals surface area contributed by atoms with Crippen molar-refractivity contribution in [3.05, 3.63) is 23.8 Å². The lowest BCUT2D eigenvalue weighted by atomic mass is 9.79. The fraction of sp³-hybridized carbons (Fsp3) is 0.677. The highest BCUT2D eigenvalue weighted by atomic mass is 16.7. The number of esters is 2. The molecule has 6 unspecified atom stereocenters. The molecule has 7 atom stereocenters. The van der Waals surface area contributed by atoms with E-state index < -0.39 is 59.9 Å². The zero-order valence-electron chi connectivity index (χ0n) is 26.1. The molecule has 1 aromatic carbocycles. The summed E-state index contributed by atoms with van der Waals surface area (Å²) in [7, 11) is 0. The van der Waals surface area contributed by atoms with Gasteiger partial charge in [0.2, 0.25) is 0 Å². The molecule has 0 amide bonds. The van der Waals surface area contributed by atoms with Crippen molar-refractivity contribution in [2.24, 2.45) is 41.2 Å². The third kappa shape index (κ3) is 10.6. The van der Waals surface area contributed by atoms with Crippen LogP contribution in [0.1, 0.15) is 87.1 Å². The normalized spacial score (nSPS) is 16.6. The second-order valence-electron chi connectivity index (χ2n) is 11.8. The number of carbonyl (C=O) groups excluding carboxylic acids is 3. The Balaban J connectivity index is 3.47. The van der Waals surface area contributed by atoms with Crippen molar-refractivity contribution in [2.75, 3.05) is 6.61 Å². The number of benzene rings is 1. The number of rotatable bonds is 15. The molecule has 0 aliphatic carbocycles. The Morgan fingerprint density at radius 1 is 0.829 bits per heavy atom. The fourth-order valence-electron chi connectivity index (χ4n) is 3.75. The van der Waals surface area contributed by atoms with Gasteiger partial charge in [0.25, 0.3) is 0 Å². The van der Waals surface area contributed by atoms with Gasteiger partial charge >= 0.3 is 24.1 Å². The molecule has 10 nitrogen and oxygen atoms in total. The van der Waals surface area contributed by atoms with E-state index in [9.17, 15) is 24.3 Å². The number of carboxylic acid groups (broad SMARTS) is 1. The second-order valence-corrected chi connectivity index (χ2v) is 11.8. The average Bonchev–Trinajstić information content (AvgIpc) is 2.91. The van der Waals surface area contributed by atoms with Crippen LogP contribution in [-0.4, -0.2) is 47.9 Å². The first-order valence-electron chi connectivity index (χ1n) is 14.4. The summed E-state index contributed by atoms with van der Waals surface area (Å²) in [5.74, 6) is -4.44. The molecule has 1 rings (SSSR count). The average molecular weight is 580 g/mol. The lowest BCUT2D eigenvalue weighted by Gasteiger charge is -2.31. The summed E-state index contributed by atoms with van der Waals surface area (Å²) in [6.45, 7) is 18.5. The smallest absolute Gasteiger partial charge is 0.480 e. The molecule has 0 saturated heterocycles. The van der Waals surface area contributed by atoms with E-state index in [1.54, 1.807) is 33.8 Å². The zero-order chi connectivity index (χ0) is 31.6. The quantitative estimate of drug-likeness (QED) is 0.193. The highest BCUT2D eigenvalue weighted by Gasteiger charge is 2.36. The SMILES string of the molecule is CCC(C)COC(=O)OC(C)C(C)C(c1ccc(OC(=O)C(C)C(C)C)c(OC(=O)C(C)C(C)C)c1)[C@H](N)C(=O)O. The van der Waals surface area contributed by atoms with E-state index in [2.05, 4.69) is 0 Å². The molecule has 0 aliphatic rings. The molecule has 0 heterocycles. The van der Waals surface area contributed by atoms with Crippen molar-refractivity contribution in [1.82, 2.24) is 0 Å². The first-order chi connectivity index (χ1) is 19.0. The van der Waals surface area contributed by atoms with Crippen LogP contribution in [0.2, 0.25) is 0 Å². The van der Waals surface area contributed by atoms with Crippen LogP contribution in [0.5, 0.6) is 11.5 Å². The Morgan fingerprint density at radius 2 is 1.34 bits per heavy atom. The summed E-state index contributed by atoms with van der Waals surface area (Å²) in [5, 5.41) is 9.82. The zero-order valence-corrected chi connectivity index (χ0v) is 26.1. The number of hydrogen-bond acceptors (Lipinski definition) is 9. The van der Waals surface area contributed by atoms with Crippen LogP contribution in [0.4, 0.5) is 4.79 Å². The van der Waals surface area contributed by atoms with Gasteiger partial charge in [-0.25, -0.2) is 4.79 Å². The molecule has 232 valence electrons. The van der Waals surface area contributed by atoms with E-state index in [0.717, 1.165) is 6.42 Å². The highest BCUT2D eigenvalue weighted by molar-refractivity contribution is 5.79. The molecule has 0 aliphatic heterocycles. The number of hydrogen-bond donors (Lipinski definition) is 2. The summed E-state index contributed by atoms with van der Waals surface area (Å²) in [6.07, 6.45) is -0.795. The molecule has 0 bridgehead atoms. The molecule has 0 aromatic heterocycles. The lowest BCUT2D eigenvalue weighted by molar-refractivity contribution is -0.142. The molecular weight excluding hydrogens is 530 g/mol. The van der Waals surface area contributed by atoms with Crippen LogP contribution in [0.3, 0.4) is 0 Å². The van der Waals surface area contributed by atoms with Crippen LogP contribution < -0.4 is 15.2 Å². The van der Waals surface area contributed by atoms with Crippen molar-refractivity contribution in [3.63, 3.8) is 0 Å².